The Bertz CT molecular complexity index is 375. The summed E-state index contributed by atoms with van der Waals surface area (Å²) in [4.78, 5) is 12.0. The van der Waals surface area contributed by atoms with E-state index in [0.29, 0.717) is 0 Å². The van der Waals surface area contributed by atoms with Gasteiger partial charge in [-0.1, -0.05) is 19.3 Å². The minimum atomic E-state index is -0.681. The topological polar surface area (TPSA) is 17.1 Å². The zero-order valence-corrected chi connectivity index (χ0v) is 9.01. The molecule has 0 saturated heterocycles. The molecule has 1 aliphatic carbocycles. The first-order chi connectivity index (χ1) is 7.66. The van der Waals surface area contributed by atoms with Crippen LogP contribution in [0, 0.1) is 17.6 Å². The van der Waals surface area contributed by atoms with Gasteiger partial charge >= 0.3 is 0 Å². The summed E-state index contributed by atoms with van der Waals surface area (Å²) in [5.74, 6) is -1.52. The van der Waals surface area contributed by atoms with Crippen LogP contribution in [0.5, 0.6) is 0 Å². The summed E-state index contributed by atoms with van der Waals surface area (Å²) in [7, 11) is 0. The fourth-order valence-electron chi connectivity index (χ4n) is 2.30. The number of hydrogen-bond acceptors (Lipinski definition) is 1. The molecule has 1 aromatic rings. The lowest BCUT2D eigenvalue weighted by atomic mass is 9.84. The molecule has 1 fully saturated rings. The van der Waals surface area contributed by atoms with Gasteiger partial charge in [-0.3, -0.25) is 4.79 Å². The fourth-order valence-corrected chi connectivity index (χ4v) is 2.30. The summed E-state index contributed by atoms with van der Waals surface area (Å²) in [6.45, 7) is 0. The zero-order chi connectivity index (χ0) is 11.5. The molecule has 0 N–H and O–H groups in total. The van der Waals surface area contributed by atoms with Crippen molar-refractivity contribution in [1.82, 2.24) is 0 Å². The normalized spacial score (nSPS) is 17.4. The van der Waals surface area contributed by atoms with Gasteiger partial charge in [0.15, 0.2) is 5.78 Å². The van der Waals surface area contributed by atoms with Crippen molar-refractivity contribution in [3.63, 3.8) is 0 Å². The minimum absolute atomic E-state index is 0.0463. The van der Waals surface area contributed by atoms with Gasteiger partial charge in [0.25, 0.3) is 0 Å². The van der Waals surface area contributed by atoms with Gasteiger partial charge in [-0.25, -0.2) is 8.78 Å². The molecule has 0 spiro atoms. The summed E-state index contributed by atoms with van der Waals surface area (Å²) in [6, 6.07) is 3.04. The van der Waals surface area contributed by atoms with Gasteiger partial charge in [-0.15, -0.1) is 0 Å². The van der Waals surface area contributed by atoms with Crippen LogP contribution in [0.25, 0.3) is 0 Å². The lowest BCUT2D eigenvalue weighted by Crippen LogP contribution is -2.18. The van der Waals surface area contributed by atoms with Gasteiger partial charge in [0.1, 0.15) is 11.6 Å². The van der Waals surface area contributed by atoms with Crippen molar-refractivity contribution in [2.45, 2.75) is 32.1 Å². The Morgan fingerprint density at radius 2 is 1.56 bits per heavy atom. The number of rotatable bonds is 2. The molecule has 16 heavy (non-hydrogen) atoms. The molecule has 1 nitrogen and oxygen atoms in total. The van der Waals surface area contributed by atoms with Crippen molar-refractivity contribution in [3.8, 4) is 0 Å². The van der Waals surface area contributed by atoms with Gasteiger partial charge in [-0.2, -0.15) is 0 Å². The molecule has 0 atom stereocenters. The number of carbonyl (C=O) groups is 1. The largest absolute Gasteiger partial charge is 0.294 e. The quantitative estimate of drug-likeness (QED) is 0.699. The molecular weight excluding hydrogens is 210 g/mol. The highest BCUT2D eigenvalue weighted by atomic mass is 19.1. The van der Waals surface area contributed by atoms with E-state index in [1.807, 2.05) is 0 Å². The van der Waals surface area contributed by atoms with Gasteiger partial charge in [0.05, 0.1) is 0 Å². The number of halogens is 2. The van der Waals surface area contributed by atoms with Crippen molar-refractivity contribution >= 4 is 5.78 Å². The number of Topliss-reactive ketones (excluding diaryl/α,β-unsaturated/α-hetero) is 1. The average molecular weight is 224 g/mol. The highest BCUT2D eigenvalue weighted by Gasteiger charge is 2.22. The first-order valence-electron chi connectivity index (χ1n) is 5.67. The first kappa shape index (κ1) is 11.2. The minimum Gasteiger partial charge on any atom is -0.294 e. The second kappa shape index (κ2) is 4.73. The Hall–Kier alpha value is -1.25. The molecule has 2 rings (SSSR count). The maximum absolute atomic E-state index is 13.0. The SMILES string of the molecule is O=C(c1cc(F)cc(F)c1)C1CCCCC1. The molecule has 0 aliphatic heterocycles. The molecule has 3 heteroatoms. The maximum atomic E-state index is 13.0. The monoisotopic (exact) mass is 224 g/mol. The zero-order valence-electron chi connectivity index (χ0n) is 9.01. The van der Waals surface area contributed by atoms with Crippen molar-refractivity contribution in [3.05, 3.63) is 35.4 Å². The summed E-state index contributed by atoms with van der Waals surface area (Å²) in [5, 5.41) is 0. The van der Waals surface area contributed by atoms with Gasteiger partial charge in [-0.05, 0) is 25.0 Å². The summed E-state index contributed by atoms with van der Waals surface area (Å²) in [5.41, 5.74) is 0.171. The third-order valence-electron chi connectivity index (χ3n) is 3.12. The second-order valence-electron chi connectivity index (χ2n) is 4.36. The third-order valence-corrected chi connectivity index (χ3v) is 3.12. The molecule has 0 aromatic heterocycles. The first-order valence-corrected chi connectivity index (χ1v) is 5.67. The van der Waals surface area contributed by atoms with Crippen molar-refractivity contribution in [2.24, 2.45) is 5.92 Å². The molecule has 1 aliphatic rings. The number of carbonyl (C=O) groups excluding carboxylic acids is 1. The van der Waals surface area contributed by atoms with Crippen LogP contribution >= 0.6 is 0 Å². The van der Waals surface area contributed by atoms with Crippen LogP contribution in [0.2, 0.25) is 0 Å². The highest BCUT2D eigenvalue weighted by Crippen LogP contribution is 2.27. The van der Waals surface area contributed by atoms with Gasteiger partial charge in [0.2, 0.25) is 0 Å². The van der Waals surface area contributed by atoms with Crippen LogP contribution in [0.3, 0.4) is 0 Å². The Balaban J connectivity index is 2.19. The molecular formula is C13H14F2O. The lowest BCUT2D eigenvalue weighted by molar-refractivity contribution is 0.0888. The van der Waals surface area contributed by atoms with E-state index in [1.165, 1.54) is 0 Å². The van der Waals surface area contributed by atoms with E-state index in [2.05, 4.69) is 0 Å². The van der Waals surface area contributed by atoms with Gasteiger partial charge < -0.3 is 0 Å². The standard InChI is InChI=1S/C13H14F2O/c14-11-6-10(7-12(15)8-11)13(16)9-4-2-1-3-5-9/h6-9H,1-5H2. The molecule has 0 amide bonds. The van der Waals surface area contributed by atoms with Crippen LogP contribution < -0.4 is 0 Å². The van der Waals surface area contributed by atoms with Crippen LogP contribution in [-0.4, -0.2) is 5.78 Å². The molecule has 1 saturated carbocycles. The van der Waals surface area contributed by atoms with E-state index in [1.54, 1.807) is 0 Å². The Morgan fingerprint density at radius 3 is 2.12 bits per heavy atom. The van der Waals surface area contributed by atoms with E-state index >= 15 is 0 Å². The van der Waals surface area contributed by atoms with E-state index < -0.39 is 11.6 Å². The molecule has 86 valence electrons. The second-order valence-corrected chi connectivity index (χ2v) is 4.36. The third kappa shape index (κ3) is 2.46. The van der Waals surface area contributed by atoms with E-state index in [9.17, 15) is 13.6 Å². The van der Waals surface area contributed by atoms with Crippen LogP contribution in [0.1, 0.15) is 42.5 Å². The number of benzene rings is 1. The van der Waals surface area contributed by atoms with Crippen LogP contribution in [0.4, 0.5) is 8.78 Å². The van der Waals surface area contributed by atoms with E-state index in [-0.39, 0.29) is 17.3 Å². The van der Waals surface area contributed by atoms with Crippen molar-refractivity contribution in [2.75, 3.05) is 0 Å². The van der Waals surface area contributed by atoms with Crippen LogP contribution in [0.15, 0.2) is 18.2 Å². The van der Waals surface area contributed by atoms with Crippen molar-refractivity contribution in [1.29, 1.82) is 0 Å². The smallest absolute Gasteiger partial charge is 0.166 e. The summed E-state index contributed by atoms with van der Waals surface area (Å²) >= 11 is 0. The van der Waals surface area contributed by atoms with E-state index in [4.69, 9.17) is 0 Å². The van der Waals surface area contributed by atoms with Crippen LogP contribution in [-0.2, 0) is 0 Å². The molecule has 0 heterocycles. The lowest BCUT2D eigenvalue weighted by Gasteiger charge is -2.20. The predicted molar refractivity (Wildman–Crippen MR) is 57.3 cm³/mol. The average Bonchev–Trinajstić information content (AvgIpc) is 2.28. The Morgan fingerprint density at radius 1 is 1.00 bits per heavy atom. The summed E-state index contributed by atoms with van der Waals surface area (Å²) < 4.78 is 25.9. The van der Waals surface area contributed by atoms with E-state index in [0.717, 1.165) is 50.3 Å². The highest BCUT2D eigenvalue weighted by molar-refractivity contribution is 5.97. The Labute approximate surface area is 93.5 Å². The number of hydrogen-bond donors (Lipinski definition) is 0. The maximum Gasteiger partial charge on any atom is 0.166 e. The van der Waals surface area contributed by atoms with Crippen molar-refractivity contribution < 1.29 is 13.6 Å². The Kier molecular flexibility index (Phi) is 3.32. The molecule has 1 aromatic carbocycles. The fraction of sp³-hybridized carbons (Fsp3) is 0.462. The molecule has 0 radical (unpaired) electrons. The molecule has 0 bridgehead atoms. The predicted octanol–water partition coefficient (Wildman–Crippen LogP) is 3.73. The van der Waals surface area contributed by atoms with Gasteiger partial charge in [0, 0.05) is 17.5 Å². The molecule has 0 unspecified atom stereocenters. The summed E-state index contributed by atoms with van der Waals surface area (Å²) in [6.07, 6.45) is 4.91. The number of ketones is 1.